The lowest BCUT2D eigenvalue weighted by Crippen LogP contribution is -2.50. The molecule has 0 spiro atoms. The minimum Gasteiger partial charge on any atom is -0.375 e. The average molecular weight is 485 g/mol. The third-order valence-electron chi connectivity index (χ3n) is 5.83. The van der Waals surface area contributed by atoms with Gasteiger partial charge in [-0.1, -0.05) is 30.3 Å². The maximum absolute atomic E-state index is 14.3. The van der Waals surface area contributed by atoms with Crippen molar-refractivity contribution in [3.8, 4) is 0 Å². The molecule has 12 heteroatoms. The molecular formula is C21H22F3N3O5S. The van der Waals surface area contributed by atoms with Crippen molar-refractivity contribution in [3.05, 3.63) is 76.0 Å². The summed E-state index contributed by atoms with van der Waals surface area (Å²) in [6.45, 7) is -0.958. The summed E-state index contributed by atoms with van der Waals surface area (Å²) in [6.07, 6.45) is -3.73. The van der Waals surface area contributed by atoms with E-state index in [2.05, 4.69) is 0 Å². The van der Waals surface area contributed by atoms with Crippen LogP contribution >= 0.6 is 10.8 Å². The number of benzene rings is 2. The van der Waals surface area contributed by atoms with Gasteiger partial charge in [0.05, 0.1) is 22.7 Å². The summed E-state index contributed by atoms with van der Waals surface area (Å²) in [4.78, 5) is 10.6. The summed E-state index contributed by atoms with van der Waals surface area (Å²) in [5.74, 6) is -0.0666. The number of nitrogens with zero attached hydrogens (tertiary/aromatic N) is 3. The van der Waals surface area contributed by atoms with Crippen LogP contribution < -0.4 is 0 Å². The van der Waals surface area contributed by atoms with Crippen LogP contribution in [0.3, 0.4) is 0 Å². The third-order valence-corrected chi connectivity index (χ3v) is 7.81. The van der Waals surface area contributed by atoms with Crippen LogP contribution in [0.5, 0.6) is 0 Å². The van der Waals surface area contributed by atoms with Crippen LogP contribution in [0.2, 0.25) is 0 Å². The van der Waals surface area contributed by atoms with Gasteiger partial charge in [-0.3, -0.25) is 19.2 Å². The Hall–Kier alpha value is -2.64. The summed E-state index contributed by atoms with van der Waals surface area (Å²) in [5, 5.41) is 22.3. The second-order valence-electron chi connectivity index (χ2n) is 8.03. The Balaban J connectivity index is 1.89. The van der Waals surface area contributed by atoms with Gasteiger partial charge in [-0.15, -0.1) is 10.8 Å². The number of fused-ring (bicyclic) bond motifs is 1. The van der Waals surface area contributed by atoms with Crippen molar-refractivity contribution in [2.75, 3.05) is 18.8 Å². The largest absolute Gasteiger partial charge is 0.422 e. The van der Waals surface area contributed by atoms with Gasteiger partial charge in [0.25, 0.3) is 5.69 Å². The number of halogens is 3. The molecule has 8 nitrogen and oxygen atoms in total. The molecule has 1 saturated heterocycles. The molecule has 1 aliphatic rings. The molecular weight excluding hydrogens is 463 g/mol. The van der Waals surface area contributed by atoms with Gasteiger partial charge in [-0.05, 0) is 18.1 Å². The summed E-state index contributed by atoms with van der Waals surface area (Å²) >= 11 is 0. The molecule has 0 amide bonds. The van der Waals surface area contributed by atoms with E-state index in [4.69, 9.17) is 0 Å². The van der Waals surface area contributed by atoms with Gasteiger partial charge in [0.15, 0.2) is 0 Å². The second kappa shape index (κ2) is 8.29. The fourth-order valence-electron chi connectivity index (χ4n) is 4.11. The van der Waals surface area contributed by atoms with Crippen molar-refractivity contribution in [1.29, 1.82) is 0 Å². The number of rotatable bonds is 6. The van der Waals surface area contributed by atoms with E-state index in [-0.39, 0.29) is 41.9 Å². The molecule has 3 aromatic rings. The predicted octanol–water partition coefficient (Wildman–Crippen LogP) is 4.72. The smallest absolute Gasteiger partial charge is 0.375 e. The third kappa shape index (κ3) is 4.32. The van der Waals surface area contributed by atoms with Gasteiger partial charge < -0.3 is 9.67 Å². The van der Waals surface area contributed by atoms with E-state index in [1.165, 1.54) is 16.7 Å². The molecule has 1 atom stereocenters. The lowest BCUT2D eigenvalue weighted by molar-refractivity contribution is -0.384. The van der Waals surface area contributed by atoms with Crippen molar-refractivity contribution in [2.45, 2.75) is 24.7 Å². The van der Waals surface area contributed by atoms with Crippen LogP contribution in [0, 0.1) is 10.1 Å². The topological polar surface area (TPSA) is 112 Å². The van der Waals surface area contributed by atoms with Gasteiger partial charge >= 0.3 is 6.18 Å². The number of aromatic nitrogens is 1. The number of hydrogen-bond acceptors (Lipinski definition) is 6. The molecule has 3 N–H and O–H groups in total. The molecule has 178 valence electrons. The Kier molecular flexibility index (Phi) is 5.91. The quantitative estimate of drug-likeness (QED) is 0.344. The van der Waals surface area contributed by atoms with Crippen molar-refractivity contribution < 1.29 is 32.3 Å². The SMILES string of the molecule is O=[N+]([O-])c1ccc2c(C(O)(CN3CCCS3(O)O)C(F)(F)F)cn(Cc3ccccc3)c2c1. The Morgan fingerprint density at radius 1 is 1.12 bits per heavy atom. The van der Waals surface area contributed by atoms with E-state index < -0.39 is 39.6 Å². The molecule has 0 bridgehead atoms. The van der Waals surface area contributed by atoms with Gasteiger partial charge in [0.2, 0.25) is 5.60 Å². The maximum atomic E-state index is 14.3. The highest BCUT2D eigenvalue weighted by Crippen LogP contribution is 2.52. The summed E-state index contributed by atoms with van der Waals surface area (Å²) in [6, 6.07) is 12.3. The first-order valence-corrected chi connectivity index (χ1v) is 11.7. The van der Waals surface area contributed by atoms with Crippen LogP contribution in [0.1, 0.15) is 17.5 Å². The van der Waals surface area contributed by atoms with Crippen LogP contribution in [0.15, 0.2) is 54.7 Å². The molecule has 0 aliphatic carbocycles. The standard InChI is InChI=1S/C21H22F3N3O5S/c22-21(23,24)20(28,14-26-9-4-10-33(26,31)32)18-13-25(12-15-5-2-1-3-6-15)19-11-16(27(29)30)7-8-17(18)19/h1-3,5-8,11,13,28,31-32H,4,9-10,12,14H2. The minimum absolute atomic E-state index is 0.00511. The molecule has 1 aromatic heterocycles. The van der Waals surface area contributed by atoms with Crippen LogP contribution in [0.4, 0.5) is 18.9 Å². The number of alkyl halides is 3. The highest BCUT2D eigenvalue weighted by molar-refractivity contribution is 8.22. The molecule has 1 unspecified atom stereocenters. The fourth-order valence-corrected chi connectivity index (χ4v) is 5.70. The maximum Gasteiger partial charge on any atom is 0.422 e. The highest BCUT2D eigenvalue weighted by Gasteiger charge is 2.58. The lowest BCUT2D eigenvalue weighted by Gasteiger charge is -2.42. The summed E-state index contributed by atoms with van der Waals surface area (Å²) < 4.78 is 65.5. The molecule has 2 aromatic carbocycles. The Bertz CT molecular complexity index is 1190. The van der Waals surface area contributed by atoms with Crippen LogP contribution in [-0.2, 0) is 12.1 Å². The number of non-ortho nitro benzene ring substituents is 1. The van der Waals surface area contributed by atoms with Crippen molar-refractivity contribution in [1.82, 2.24) is 8.87 Å². The normalized spacial score (nSPS) is 19.5. The Morgan fingerprint density at radius 2 is 1.82 bits per heavy atom. The van der Waals surface area contributed by atoms with Crippen LogP contribution in [-0.4, -0.2) is 53.0 Å². The first-order valence-electron chi connectivity index (χ1n) is 10.0. The molecule has 1 fully saturated rings. The Labute approximate surface area is 188 Å². The molecule has 33 heavy (non-hydrogen) atoms. The van der Waals surface area contributed by atoms with E-state index in [0.29, 0.717) is 0 Å². The Morgan fingerprint density at radius 3 is 2.39 bits per heavy atom. The molecule has 0 radical (unpaired) electrons. The second-order valence-corrected chi connectivity index (χ2v) is 10.2. The highest BCUT2D eigenvalue weighted by atomic mass is 32.3. The molecule has 0 saturated carbocycles. The summed E-state index contributed by atoms with van der Waals surface area (Å²) in [5.41, 5.74) is -3.34. The van der Waals surface area contributed by atoms with Gasteiger partial charge in [0.1, 0.15) is 0 Å². The zero-order valence-electron chi connectivity index (χ0n) is 17.3. The monoisotopic (exact) mass is 485 g/mol. The van der Waals surface area contributed by atoms with E-state index in [9.17, 15) is 37.5 Å². The first kappa shape index (κ1) is 23.5. The minimum atomic E-state index is -5.15. The number of β-amino-alcohol motifs (C(OH)–C–C–N with tert-alkyl or cyclic N) is 1. The lowest BCUT2D eigenvalue weighted by atomic mass is 9.92. The van der Waals surface area contributed by atoms with Crippen LogP contribution in [0.25, 0.3) is 10.9 Å². The van der Waals surface area contributed by atoms with Gasteiger partial charge in [0, 0.05) is 42.4 Å². The zero-order chi connectivity index (χ0) is 24.0. The van der Waals surface area contributed by atoms with Crippen molar-refractivity contribution >= 4 is 27.4 Å². The van der Waals surface area contributed by atoms with E-state index in [1.54, 1.807) is 30.3 Å². The van der Waals surface area contributed by atoms with Gasteiger partial charge in [-0.2, -0.15) is 13.2 Å². The fraction of sp³-hybridized carbons (Fsp3) is 0.333. The van der Waals surface area contributed by atoms with Crippen molar-refractivity contribution in [3.63, 3.8) is 0 Å². The summed E-state index contributed by atoms with van der Waals surface area (Å²) in [7, 11) is -3.42. The van der Waals surface area contributed by atoms with E-state index in [1.807, 2.05) is 0 Å². The zero-order valence-corrected chi connectivity index (χ0v) is 18.1. The number of aliphatic hydroxyl groups is 1. The number of hydrogen-bond donors (Lipinski definition) is 3. The number of nitro benzene ring substituents is 1. The van der Waals surface area contributed by atoms with E-state index in [0.717, 1.165) is 22.1 Å². The molecule has 2 heterocycles. The molecule has 4 rings (SSSR count). The van der Waals surface area contributed by atoms with Crippen molar-refractivity contribution in [2.24, 2.45) is 0 Å². The first-order chi connectivity index (χ1) is 15.4. The predicted molar refractivity (Wildman–Crippen MR) is 118 cm³/mol. The molecule has 1 aliphatic heterocycles. The van der Waals surface area contributed by atoms with E-state index >= 15 is 0 Å². The number of nitro groups is 1. The average Bonchev–Trinajstić information content (AvgIpc) is 3.27. The van der Waals surface area contributed by atoms with Gasteiger partial charge in [-0.25, -0.2) is 4.31 Å².